The van der Waals surface area contributed by atoms with Crippen LogP contribution in [0.2, 0.25) is 0 Å². The summed E-state index contributed by atoms with van der Waals surface area (Å²) in [5.74, 6) is 0.251. The lowest BCUT2D eigenvalue weighted by Gasteiger charge is -2.18. The smallest absolute Gasteiger partial charge is 0.139 e. The van der Waals surface area contributed by atoms with Crippen LogP contribution in [0.25, 0.3) is 0 Å². The van der Waals surface area contributed by atoms with Gasteiger partial charge in [0.25, 0.3) is 0 Å². The summed E-state index contributed by atoms with van der Waals surface area (Å²) in [5, 5.41) is 13.0. The van der Waals surface area contributed by atoms with Crippen molar-refractivity contribution >= 4 is 17.1 Å². The van der Waals surface area contributed by atoms with Crippen LogP contribution in [0.15, 0.2) is 48.5 Å². The number of benzene rings is 2. The number of hydrogen-bond donors (Lipinski definition) is 2. The van der Waals surface area contributed by atoms with Crippen LogP contribution in [0, 0.1) is 0 Å². The first kappa shape index (κ1) is 11.3. The molecule has 3 heteroatoms. The van der Waals surface area contributed by atoms with Crippen molar-refractivity contribution in [1.82, 2.24) is 0 Å². The minimum Gasteiger partial charge on any atom is -0.506 e. The first-order valence-corrected chi connectivity index (χ1v) is 5.50. The Hall–Kier alpha value is -2.16. The highest BCUT2D eigenvalue weighted by Crippen LogP contribution is 2.31. The Morgan fingerprint density at radius 2 is 1.47 bits per heavy atom. The quantitative estimate of drug-likeness (QED) is 0.792. The number of aromatic hydroxyl groups is 1. The van der Waals surface area contributed by atoms with E-state index in [0.29, 0.717) is 5.69 Å². The van der Waals surface area contributed by atoms with Gasteiger partial charge in [-0.15, -0.1) is 0 Å². The number of phenols is 1. The molecule has 0 aliphatic carbocycles. The van der Waals surface area contributed by atoms with Gasteiger partial charge in [-0.3, -0.25) is 0 Å². The van der Waals surface area contributed by atoms with E-state index in [2.05, 4.69) is 5.32 Å². The lowest BCUT2D eigenvalue weighted by Crippen LogP contribution is -2.10. The van der Waals surface area contributed by atoms with Crippen LogP contribution in [0.4, 0.5) is 17.1 Å². The van der Waals surface area contributed by atoms with E-state index in [0.717, 1.165) is 11.4 Å². The zero-order valence-corrected chi connectivity index (χ0v) is 10.0. The largest absolute Gasteiger partial charge is 0.506 e. The summed E-state index contributed by atoms with van der Waals surface area (Å²) in [5.41, 5.74) is 2.76. The van der Waals surface area contributed by atoms with Gasteiger partial charge in [0.1, 0.15) is 5.75 Å². The topological polar surface area (TPSA) is 35.5 Å². The van der Waals surface area contributed by atoms with E-state index < -0.39 is 0 Å². The van der Waals surface area contributed by atoms with Crippen LogP contribution in [0.5, 0.6) is 5.75 Å². The highest BCUT2D eigenvalue weighted by atomic mass is 16.3. The van der Waals surface area contributed by atoms with Crippen molar-refractivity contribution in [3.63, 3.8) is 0 Å². The molecule has 0 radical (unpaired) electrons. The molecule has 2 N–H and O–H groups in total. The van der Waals surface area contributed by atoms with Crippen molar-refractivity contribution < 1.29 is 5.11 Å². The van der Waals surface area contributed by atoms with Crippen LogP contribution in [0.1, 0.15) is 0 Å². The summed E-state index contributed by atoms with van der Waals surface area (Å²) in [6, 6.07) is 15.2. The number of anilines is 3. The molecule has 2 rings (SSSR count). The molecule has 88 valence electrons. The molecule has 0 spiro atoms. The second-order valence-corrected chi connectivity index (χ2v) is 4.05. The molecule has 0 aliphatic heterocycles. The molecule has 3 nitrogen and oxygen atoms in total. The highest BCUT2D eigenvalue weighted by Gasteiger charge is 2.05. The van der Waals surface area contributed by atoms with Gasteiger partial charge in [0.05, 0.1) is 17.1 Å². The van der Waals surface area contributed by atoms with Crippen LogP contribution in [-0.2, 0) is 0 Å². The minimum absolute atomic E-state index is 0.251. The molecule has 0 heterocycles. The Morgan fingerprint density at radius 3 is 2.12 bits per heavy atom. The number of para-hydroxylation sites is 4. The summed E-state index contributed by atoms with van der Waals surface area (Å²) in [7, 11) is 3.98. The van der Waals surface area contributed by atoms with E-state index in [1.54, 1.807) is 12.1 Å². The minimum atomic E-state index is 0.251. The summed E-state index contributed by atoms with van der Waals surface area (Å²) in [6.07, 6.45) is 0. The zero-order valence-electron chi connectivity index (χ0n) is 10.0. The molecule has 0 fully saturated rings. The fraction of sp³-hybridized carbons (Fsp3) is 0.143. The fourth-order valence-electron chi connectivity index (χ4n) is 1.69. The van der Waals surface area contributed by atoms with Gasteiger partial charge in [0.15, 0.2) is 0 Å². The molecule has 0 bridgehead atoms. The second-order valence-electron chi connectivity index (χ2n) is 4.05. The molecule has 17 heavy (non-hydrogen) atoms. The van der Waals surface area contributed by atoms with Gasteiger partial charge in [-0.1, -0.05) is 24.3 Å². The van der Waals surface area contributed by atoms with Gasteiger partial charge < -0.3 is 15.3 Å². The molecule has 0 aliphatic rings. The Morgan fingerprint density at radius 1 is 0.882 bits per heavy atom. The molecule has 0 saturated carbocycles. The van der Waals surface area contributed by atoms with Crippen LogP contribution in [0.3, 0.4) is 0 Å². The maximum absolute atomic E-state index is 9.73. The maximum Gasteiger partial charge on any atom is 0.139 e. The molecule has 0 unspecified atom stereocenters. The predicted octanol–water partition coefficient (Wildman–Crippen LogP) is 3.20. The van der Waals surface area contributed by atoms with Crippen molar-refractivity contribution in [2.75, 3.05) is 24.3 Å². The van der Waals surface area contributed by atoms with Gasteiger partial charge in [-0.25, -0.2) is 0 Å². The van der Waals surface area contributed by atoms with Crippen molar-refractivity contribution in [3.05, 3.63) is 48.5 Å². The molecule has 0 amide bonds. The third kappa shape index (κ3) is 2.50. The van der Waals surface area contributed by atoms with Crippen molar-refractivity contribution in [1.29, 1.82) is 0 Å². The molecule has 0 aromatic heterocycles. The molecule has 0 saturated heterocycles. The normalized spacial score (nSPS) is 10.0. The Bertz CT molecular complexity index is 509. The highest BCUT2D eigenvalue weighted by molar-refractivity contribution is 5.76. The SMILES string of the molecule is CN(C)c1ccccc1Nc1ccccc1O. The lowest BCUT2D eigenvalue weighted by molar-refractivity contribution is 0.478. The molecular weight excluding hydrogens is 212 g/mol. The molecular formula is C14H16N2O. The van der Waals surface area contributed by atoms with Crippen LogP contribution >= 0.6 is 0 Å². The molecule has 0 atom stereocenters. The third-order valence-corrected chi connectivity index (χ3v) is 2.56. The number of phenolic OH excluding ortho intramolecular Hbond substituents is 1. The average Bonchev–Trinajstić information content (AvgIpc) is 2.32. The fourth-order valence-corrected chi connectivity index (χ4v) is 1.69. The van der Waals surface area contributed by atoms with Gasteiger partial charge in [-0.2, -0.15) is 0 Å². The van der Waals surface area contributed by atoms with Crippen molar-refractivity contribution in [2.24, 2.45) is 0 Å². The van der Waals surface area contributed by atoms with Crippen molar-refractivity contribution in [3.8, 4) is 5.75 Å². The van der Waals surface area contributed by atoms with Gasteiger partial charge in [0, 0.05) is 14.1 Å². The summed E-state index contributed by atoms with van der Waals surface area (Å²) in [4.78, 5) is 2.03. The van der Waals surface area contributed by atoms with Crippen LogP contribution < -0.4 is 10.2 Å². The van der Waals surface area contributed by atoms with E-state index in [-0.39, 0.29) is 5.75 Å². The Labute approximate surface area is 101 Å². The van der Waals surface area contributed by atoms with E-state index in [1.165, 1.54) is 0 Å². The maximum atomic E-state index is 9.73. The zero-order chi connectivity index (χ0) is 12.3. The van der Waals surface area contributed by atoms with Crippen LogP contribution in [-0.4, -0.2) is 19.2 Å². The number of hydrogen-bond acceptors (Lipinski definition) is 3. The average molecular weight is 228 g/mol. The van der Waals surface area contributed by atoms with E-state index in [9.17, 15) is 5.11 Å². The number of nitrogens with zero attached hydrogens (tertiary/aromatic N) is 1. The Balaban J connectivity index is 2.34. The van der Waals surface area contributed by atoms with Gasteiger partial charge >= 0.3 is 0 Å². The standard InChI is InChI=1S/C14H16N2O/c1-16(2)13-9-5-3-7-11(13)15-12-8-4-6-10-14(12)17/h3-10,15,17H,1-2H3. The first-order chi connectivity index (χ1) is 8.18. The third-order valence-electron chi connectivity index (χ3n) is 2.56. The summed E-state index contributed by atoms with van der Waals surface area (Å²) in [6.45, 7) is 0. The van der Waals surface area contributed by atoms with E-state index in [4.69, 9.17) is 0 Å². The number of rotatable bonds is 3. The predicted molar refractivity (Wildman–Crippen MR) is 72.2 cm³/mol. The summed E-state index contributed by atoms with van der Waals surface area (Å²) < 4.78 is 0. The Kier molecular flexibility index (Phi) is 3.19. The van der Waals surface area contributed by atoms with Gasteiger partial charge in [0.2, 0.25) is 0 Å². The molecule has 2 aromatic carbocycles. The first-order valence-electron chi connectivity index (χ1n) is 5.50. The lowest BCUT2D eigenvalue weighted by atomic mass is 10.2. The van der Waals surface area contributed by atoms with E-state index >= 15 is 0 Å². The van der Waals surface area contributed by atoms with E-state index in [1.807, 2.05) is 55.4 Å². The van der Waals surface area contributed by atoms with Crippen molar-refractivity contribution in [2.45, 2.75) is 0 Å². The van der Waals surface area contributed by atoms with Gasteiger partial charge in [-0.05, 0) is 24.3 Å². The summed E-state index contributed by atoms with van der Waals surface area (Å²) >= 11 is 0. The monoisotopic (exact) mass is 228 g/mol. The number of nitrogens with one attached hydrogen (secondary N) is 1. The second kappa shape index (κ2) is 4.78. The molecule has 2 aromatic rings.